The maximum absolute atomic E-state index is 5.87. The third kappa shape index (κ3) is 3.33. The Balaban J connectivity index is 1.52. The number of rotatable bonds is 5. The number of pyridine rings is 1. The Bertz CT molecular complexity index is 869. The highest BCUT2D eigenvalue weighted by Gasteiger charge is 2.24. The van der Waals surface area contributed by atoms with Gasteiger partial charge < -0.3 is 14.8 Å². The first-order chi connectivity index (χ1) is 12.8. The Morgan fingerprint density at radius 1 is 1.23 bits per heavy atom. The van der Waals surface area contributed by atoms with Crippen LogP contribution in [0.3, 0.4) is 0 Å². The van der Waals surface area contributed by atoms with Crippen molar-refractivity contribution in [2.75, 3.05) is 25.6 Å². The van der Waals surface area contributed by atoms with Gasteiger partial charge in [0.2, 0.25) is 11.8 Å². The molecule has 134 valence electrons. The molecule has 0 fully saturated rings. The smallest absolute Gasteiger partial charge is 0.222 e. The Labute approximate surface area is 150 Å². The van der Waals surface area contributed by atoms with Crippen LogP contribution in [0.5, 0.6) is 5.88 Å². The molecule has 1 unspecified atom stereocenters. The number of methoxy groups -OCH3 is 1. The van der Waals surface area contributed by atoms with Crippen LogP contribution in [0.4, 0.5) is 5.95 Å². The Kier molecular flexibility index (Phi) is 4.69. The van der Waals surface area contributed by atoms with E-state index >= 15 is 0 Å². The van der Waals surface area contributed by atoms with E-state index < -0.39 is 0 Å². The van der Waals surface area contributed by atoms with E-state index in [-0.39, 0.29) is 5.92 Å². The summed E-state index contributed by atoms with van der Waals surface area (Å²) < 4.78 is 13.1. The van der Waals surface area contributed by atoms with Gasteiger partial charge in [-0.3, -0.25) is 0 Å². The highest BCUT2D eigenvalue weighted by atomic mass is 16.5. The molecule has 1 aliphatic heterocycles. The molecule has 4 rings (SSSR count). The predicted octanol–water partition coefficient (Wildman–Crippen LogP) is 1.40. The topological polar surface area (TPSA) is 99.9 Å². The van der Waals surface area contributed by atoms with E-state index in [2.05, 4.69) is 30.6 Å². The lowest BCUT2D eigenvalue weighted by Crippen LogP contribution is -2.23. The summed E-state index contributed by atoms with van der Waals surface area (Å²) in [5.41, 5.74) is 2.49. The molecule has 26 heavy (non-hydrogen) atoms. The quantitative estimate of drug-likeness (QED) is 0.735. The van der Waals surface area contributed by atoms with Crippen LogP contribution in [0.25, 0.3) is 11.3 Å². The molecule has 1 aliphatic rings. The molecule has 0 bridgehead atoms. The summed E-state index contributed by atoms with van der Waals surface area (Å²) >= 11 is 0. The van der Waals surface area contributed by atoms with Gasteiger partial charge in [0.15, 0.2) is 0 Å². The van der Waals surface area contributed by atoms with Crippen molar-refractivity contribution in [2.45, 2.75) is 13.2 Å². The minimum Gasteiger partial charge on any atom is -0.481 e. The maximum Gasteiger partial charge on any atom is 0.222 e. The zero-order chi connectivity index (χ0) is 17.8. The average Bonchev–Trinajstić information content (AvgIpc) is 2.97. The number of fused-ring (bicyclic) bond motifs is 1. The number of hydrogen-bond acceptors (Lipinski definition) is 8. The second-order valence-electron chi connectivity index (χ2n) is 5.96. The van der Waals surface area contributed by atoms with Crippen molar-refractivity contribution in [3.8, 4) is 17.1 Å². The van der Waals surface area contributed by atoms with Crippen molar-refractivity contribution in [3.63, 3.8) is 0 Å². The van der Waals surface area contributed by atoms with Crippen LogP contribution in [0, 0.1) is 5.92 Å². The van der Waals surface area contributed by atoms with Crippen molar-refractivity contribution in [3.05, 3.63) is 42.5 Å². The van der Waals surface area contributed by atoms with Crippen molar-refractivity contribution in [1.29, 1.82) is 0 Å². The molecule has 9 nitrogen and oxygen atoms in total. The summed E-state index contributed by atoms with van der Waals surface area (Å²) in [6, 6.07) is 5.57. The highest BCUT2D eigenvalue weighted by molar-refractivity contribution is 5.66. The van der Waals surface area contributed by atoms with Crippen LogP contribution in [-0.4, -0.2) is 50.2 Å². The van der Waals surface area contributed by atoms with Gasteiger partial charge >= 0.3 is 0 Å². The molecule has 3 aromatic heterocycles. The van der Waals surface area contributed by atoms with Crippen LogP contribution < -0.4 is 10.1 Å². The van der Waals surface area contributed by atoms with Gasteiger partial charge in [-0.25, -0.2) is 19.6 Å². The van der Waals surface area contributed by atoms with E-state index in [1.54, 1.807) is 31.8 Å². The summed E-state index contributed by atoms with van der Waals surface area (Å²) in [5.74, 6) is 1.36. The van der Waals surface area contributed by atoms with Gasteiger partial charge in [-0.15, -0.1) is 5.10 Å². The molecule has 3 aromatic rings. The molecule has 9 heteroatoms. The number of nitrogens with zero attached hydrogens (tertiary/aromatic N) is 6. The first-order valence-electron chi connectivity index (χ1n) is 8.35. The first-order valence-corrected chi connectivity index (χ1v) is 8.35. The van der Waals surface area contributed by atoms with E-state index in [0.717, 1.165) is 17.0 Å². The summed E-state index contributed by atoms with van der Waals surface area (Å²) in [6.45, 7) is 2.45. The normalized spacial score (nSPS) is 16.6. The largest absolute Gasteiger partial charge is 0.481 e. The van der Waals surface area contributed by atoms with Gasteiger partial charge in [-0.2, -0.15) is 0 Å². The highest BCUT2D eigenvalue weighted by Crippen LogP contribution is 2.30. The molecule has 0 aromatic carbocycles. The summed E-state index contributed by atoms with van der Waals surface area (Å²) in [7, 11) is 1.60. The SMILES string of the molecule is COc1ncccc1-c1nnn2c1COCC(CNc1ncccn1)C2. The third-order valence-electron chi connectivity index (χ3n) is 4.20. The molecule has 1 atom stereocenters. The fourth-order valence-corrected chi connectivity index (χ4v) is 2.93. The average molecular weight is 353 g/mol. The van der Waals surface area contributed by atoms with Crippen molar-refractivity contribution < 1.29 is 9.47 Å². The lowest BCUT2D eigenvalue weighted by molar-refractivity contribution is 0.0982. The van der Waals surface area contributed by atoms with Gasteiger partial charge in [-0.1, -0.05) is 5.21 Å². The predicted molar refractivity (Wildman–Crippen MR) is 93.5 cm³/mol. The van der Waals surface area contributed by atoms with Gasteiger partial charge in [-0.05, 0) is 18.2 Å². The van der Waals surface area contributed by atoms with E-state index in [1.165, 1.54) is 0 Å². The van der Waals surface area contributed by atoms with Crippen LogP contribution in [0.2, 0.25) is 0 Å². The molecule has 4 heterocycles. The number of anilines is 1. The van der Waals surface area contributed by atoms with Gasteiger partial charge in [0, 0.05) is 37.6 Å². The second-order valence-corrected chi connectivity index (χ2v) is 5.96. The molecule has 0 saturated carbocycles. The number of hydrogen-bond donors (Lipinski definition) is 1. The molecular weight excluding hydrogens is 334 g/mol. The molecule has 0 amide bonds. The number of nitrogens with one attached hydrogen (secondary N) is 1. The lowest BCUT2D eigenvalue weighted by atomic mass is 10.1. The third-order valence-corrected chi connectivity index (χ3v) is 4.20. The van der Waals surface area contributed by atoms with Crippen LogP contribution >= 0.6 is 0 Å². The van der Waals surface area contributed by atoms with E-state index in [0.29, 0.717) is 38.1 Å². The molecule has 0 aliphatic carbocycles. The van der Waals surface area contributed by atoms with Crippen LogP contribution in [0.15, 0.2) is 36.8 Å². The Morgan fingerprint density at radius 2 is 2.08 bits per heavy atom. The fourth-order valence-electron chi connectivity index (χ4n) is 2.93. The van der Waals surface area contributed by atoms with Crippen LogP contribution in [0.1, 0.15) is 5.69 Å². The Hall–Kier alpha value is -3.07. The summed E-state index contributed by atoms with van der Waals surface area (Å²) in [4.78, 5) is 12.6. The second kappa shape index (κ2) is 7.44. The van der Waals surface area contributed by atoms with Crippen LogP contribution in [-0.2, 0) is 17.9 Å². The molecule has 1 N–H and O–H groups in total. The van der Waals surface area contributed by atoms with Crippen molar-refractivity contribution >= 4 is 5.95 Å². The Morgan fingerprint density at radius 3 is 2.92 bits per heavy atom. The number of aromatic nitrogens is 6. The van der Waals surface area contributed by atoms with E-state index in [9.17, 15) is 0 Å². The molecule has 0 spiro atoms. The van der Waals surface area contributed by atoms with Gasteiger partial charge in [0.05, 0.1) is 31.6 Å². The minimum atomic E-state index is 0.227. The number of ether oxygens (including phenoxy) is 2. The standard InChI is InChI=1S/C17H19N7O2/c1-25-16-13(4-2-5-18-16)15-14-11-26-10-12(9-24(14)23-22-15)8-21-17-19-6-3-7-20-17/h2-7,12H,8-11H2,1H3,(H,19,20,21). The van der Waals surface area contributed by atoms with Crippen molar-refractivity contribution in [1.82, 2.24) is 29.9 Å². The van der Waals surface area contributed by atoms with Gasteiger partial charge in [0.1, 0.15) is 5.69 Å². The summed E-state index contributed by atoms with van der Waals surface area (Å²) in [5, 5.41) is 11.9. The van der Waals surface area contributed by atoms with Crippen molar-refractivity contribution in [2.24, 2.45) is 5.92 Å². The molecular formula is C17H19N7O2. The molecule has 0 saturated heterocycles. The summed E-state index contributed by atoms with van der Waals surface area (Å²) in [6.07, 6.45) is 5.11. The van der Waals surface area contributed by atoms with Gasteiger partial charge in [0.25, 0.3) is 0 Å². The first kappa shape index (κ1) is 16.4. The lowest BCUT2D eigenvalue weighted by Gasteiger charge is -2.14. The fraction of sp³-hybridized carbons (Fsp3) is 0.353. The van der Waals surface area contributed by atoms with E-state index in [1.807, 2.05) is 16.8 Å². The zero-order valence-electron chi connectivity index (χ0n) is 14.4. The molecule has 0 radical (unpaired) electrons. The monoisotopic (exact) mass is 353 g/mol. The maximum atomic E-state index is 5.87. The zero-order valence-corrected chi connectivity index (χ0v) is 14.4. The minimum absolute atomic E-state index is 0.227. The van der Waals surface area contributed by atoms with E-state index in [4.69, 9.17) is 9.47 Å².